The summed E-state index contributed by atoms with van der Waals surface area (Å²) in [6.07, 6.45) is 3.31. The van der Waals surface area contributed by atoms with Crippen LogP contribution in [0.25, 0.3) is 0 Å². The number of halogens is 2. The van der Waals surface area contributed by atoms with Crippen LogP contribution < -0.4 is 5.73 Å². The molecule has 0 aliphatic heterocycles. The monoisotopic (exact) mass is 315 g/mol. The van der Waals surface area contributed by atoms with Crippen LogP contribution in [-0.4, -0.2) is 9.97 Å². The van der Waals surface area contributed by atoms with Crippen LogP contribution in [0.5, 0.6) is 0 Å². The second-order valence-electron chi connectivity index (χ2n) is 2.97. The topological polar surface area (TPSA) is 51.8 Å². The van der Waals surface area contributed by atoms with Crippen LogP contribution >= 0.6 is 39.3 Å². The fraction of sp³-hybridized carbons (Fsp3) is 0. The van der Waals surface area contributed by atoms with Gasteiger partial charge in [0, 0.05) is 10.7 Å². The van der Waals surface area contributed by atoms with Gasteiger partial charge in [-0.2, -0.15) is 0 Å². The van der Waals surface area contributed by atoms with Crippen molar-refractivity contribution < 1.29 is 0 Å². The molecule has 0 atom stereocenters. The maximum atomic E-state index is 6.01. The first-order valence-corrected chi connectivity index (χ1v) is 6.34. The fourth-order valence-corrected chi connectivity index (χ4v) is 2.26. The Kier molecular flexibility index (Phi) is 3.68. The molecule has 2 rings (SSSR count). The highest BCUT2D eigenvalue weighted by Crippen LogP contribution is 2.31. The first-order valence-electron chi connectivity index (χ1n) is 4.35. The predicted molar refractivity (Wildman–Crippen MR) is 69.7 cm³/mol. The van der Waals surface area contributed by atoms with Crippen molar-refractivity contribution in [3.05, 3.63) is 40.1 Å². The van der Waals surface area contributed by atoms with Gasteiger partial charge in [0.15, 0.2) is 0 Å². The number of nitrogens with zero attached hydrogens (tertiary/aromatic N) is 2. The quantitative estimate of drug-likeness (QED) is 0.919. The van der Waals surface area contributed by atoms with E-state index in [0.29, 0.717) is 15.7 Å². The minimum atomic E-state index is 0.537. The van der Waals surface area contributed by atoms with E-state index in [1.54, 1.807) is 18.5 Å². The zero-order valence-corrected chi connectivity index (χ0v) is 11.2. The minimum absolute atomic E-state index is 0.537. The lowest BCUT2D eigenvalue weighted by Gasteiger charge is -2.03. The molecule has 0 aliphatic carbocycles. The molecule has 82 valence electrons. The molecule has 16 heavy (non-hydrogen) atoms. The van der Waals surface area contributed by atoms with Crippen LogP contribution in [-0.2, 0) is 0 Å². The number of rotatable bonds is 2. The molecule has 0 bridgehead atoms. The summed E-state index contributed by atoms with van der Waals surface area (Å²) in [6, 6.07) is 5.49. The number of pyridine rings is 2. The van der Waals surface area contributed by atoms with Gasteiger partial charge in [-0.3, -0.25) is 0 Å². The number of nitrogen functional groups attached to an aromatic ring is 1. The van der Waals surface area contributed by atoms with Crippen LogP contribution in [0.3, 0.4) is 0 Å². The van der Waals surface area contributed by atoms with Crippen molar-refractivity contribution in [1.29, 1.82) is 0 Å². The Balaban J connectivity index is 2.23. The van der Waals surface area contributed by atoms with E-state index in [1.165, 1.54) is 11.8 Å². The molecule has 0 saturated carbocycles. The van der Waals surface area contributed by atoms with Gasteiger partial charge in [-0.25, -0.2) is 9.97 Å². The molecule has 6 heteroatoms. The molecular weight excluding hydrogens is 310 g/mol. The van der Waals surface area contributed by atoms with E-state index in [-0.39, 0.29) is 0 Å². The molecule has 0 saturated heterocycles. The maximum absolute atomic E-state index is 6.01. The number of hydrogen-bond acceptors (Lipinski definition) is 4. The van der Waals surface area contributed by atoms with Gasteiger partial charge in [-0.1, -0.05) is 11.6 Å². The third kappa shape index (κ3) is 2.87. The Morgan fingerprint density at radius 2 is 2.06 bits per heavy atom. The summed E-state index contributed by atoms with van der Waals surface area (Å²) in [5.41, 5.74) is 6.12. The molecule has 0 aromatic carbocycles. The highest BCUT2D eigenvalue weighted by atomic mass is 79.9. The van der Waals surface area contributed by atoms with E-state index in [2.05, 4.69) is 25.9 Å². The lowest BCUT2D eigenvalue weighted by molar-refractivity contribution is 1.09. The third-order valence-electron chi connectivity index (χ3n) is 1.73. The Bertz CT molecular complexity index is 504. The van der Waals surface area contributed by atoms with Gasteiger partial charge in [0.25, 0.3) is 0 Å². The van der Waals surface area contributed by atoms with E-state index in [4.69, 9.17) is 17.3 Å². The Labute approximate surface area is 111 Å². The molecule has 2 heterocycles. The van der Waals surface area contributed by atoms with Crippen LogP contribution in [0.4, 0.5) is 5.69 Å². The molecule has 0 aliphatic rings. The number of aromatic nitrogens is 2. The molecule has 0 unspecified atom stereocenters. The Morgan fingerprint density at radius 1 is 1.25 bits per heavy atom. The second-order valence-corrected chi connectivity index (χ2v) is 5.30. The van der Waals surface area contributed by atoms with Crippen LogP contribution in [0.15, 0.2) is 45.1 Å². The summed E-state index contributed by atoms with van der Waals surface area (Å²) in [7, 11) is 0. The first-order chi connectivity index (χ1) is 7.65. The molecule has 2 N–H and O–H groups in total. The summed E-state index contributed by atoms with van der Waals surface area (Å²) in [6.45, 7) is 0. The fourth-order valence-electron chi connectivity index (χ4n) is 1.04. The van der Waals surface area contributed by atoms with Crippen molar-refractivity contribution >= 4 is 45.0 Å². The molecule has 0 spiro atoms. The molecule has 0 radical (unpaired) electrons. The smallest absolute Gasteiger partial charge is 0.121 e. The highest BCUT2D eigenvalue weighted by Gasteiger charge is 2.05. The van der Waals surface area contributed by atoms with Crippen molar-refractivity contribution in [2.45, 2.75) is 10.1 Å². The van der Waals surface area contributed by atoms with Gasteiger partial charge in [0.2, 0.25) is 0 Å². The van der Waals surface area contributed by atoms with E-state index < -0.39 is 0 Å². The van der Waals surface area contributed by atoms with E-state index in [9.17, 15) is 0 Å². The molecule has 0 fully saturated rings. The maximum Gasteiger partial charge on any atom is 0.121 e. The largest absolute Gasteiger partial charge is 0.397 e. The summed E-state index contributed by atoms with van der Waals surface area (Å²) < 4.78 is 0.938. The Hall–Kier alpha value is -0.780. The SMILES string of the molecule is Nc1cnc(Sc2ccc(Br)cn2)c(Cl)c1. The number of anilines is 1. The van der Waals surface area contributed by atoms with Gasteiger partial charge in [0.05, 0.1) is 16.9 Å². The van der Waals surface area contributed by atoms with Crippen LogP contribution in [0.2, 0.25) is 5.02 Å². The summed E-state index contributed by atoms with van der Waals surface area (Å²) >= 11 is 10.7. The van der Waals surface area contributed by atoms with Crippen molar-refractivity contribution in [1.82, 2.24) is 9.97 Å². The average Bonchev–Trinajstić information content (AvgIpc) is 2.25. The van der Waals surface area contributed by atoms with Gasteiger partial charge < -0.3 is 5.73 Å². The summed E-state index contributed by atoms with van der Waals surface area (Å²) in [5, 5.41) is 2.07. The molecule has 3 nitrogen and oxygen atoms in total. The van der Waals surface area contributed by atoms with Crippen molar-refractivity contribution in [2.24, 2.45) is 0 Å². The lowest BCUT2D eigenvalue weighted by atomic mass is 10.4. The minimum Gasteiger partial charge on any atom is -0.397 e. The second kappa shape index (κ2) is 5.03. The number of nitrogens with two attached hydrogens (primary N) is 1. The lowest BCUT2D eigenvalue weighted by Crippen LogP contribution is -1.89. The first kappa shape index (κ1) is 11.7. The van der Waals surface area contributed by atoms with Gasteiger partial charge in [-0.15, -0.1) is 0 Å². The third-order valence-corrected chi connectivity index (χ3v) is 3.57. The molecule has 0 amide bonds. The van der Waals surface area contributed by atoms with E-state index in [1.807, 2.05) is 12.1 Å². The van der Waals surface area contributed by atoms with Crippen molar-refractivity contribution in [3.63, 3.8) is 0 Å². The van der Waals surface area contributed by atoms with E-state index in [0.717, 1.165) is 9.50 Å². The molecule has 2 aromatic heterocycles. The summed E-state index contributed by atoms with van der Waals surface area (Å²) in [5.74, 6) is 0. The van der Waals surface area contributed by atoms with Crippen molar-refractivity contribution in [2.75, 3.05) is 5.73 Å². The molecular formula is C10H7BrClN3S. The van der Waals surface area contributed by atoms with Crippen LogP contribution in [0, 0.1) is 0 Å². The Morgan fingerprint density at radius 3 is 2.69 bits per heavy atom. The normalized spacial score (nSPS) is 10.4. The van der Waals surface area contributed by atoms with E-state index >= 15 is 0 Å². The van der Waals surface area contributed by atoms with Crippen molar-refractivity contribution in [3.8, 4) is 0 Å². The zero-order chi connectivity index (χ0) is 11.5. The van der Waals surface area contributed by atoms with Gasteiger partial charge >= 0.3 is 0 Å². The number of hydrogen-bond donors (Lipinski definition) is 1. The van der Waals surface area contributed by atoms with Gasteiger partial charge in [0.1, 0.15) is 10.1 Å². The zero-order valence-electron chi connectivity index (χ0n) is 8.02. The summed E-state index contributed by atoms with van der Waals surface area (Å²) in [4.78, 5) is 8.37. The van der Waals surface area contributed by atoms with Gasteiger partial charge in [-0.05, 0) is 45.9 Å². The highest BCUT2D eigenvalue weighted by molar-refractivity contribution is 9.10. The standard InChI is InChI=1S/C10H7BrClN3S/c11-6-1-2-9(14-4-6)16-10-8(12)3-7(13)5-15-10/h1-5H,13H2. The average molecular weight is 317 g/mol. The molecule has 2 aromatic rings. The predicted octanol–water partition coefficient (Wildman–Crippen LogP) is 3.63. The van der Waals surface area contributed by atoms with Crippen LogP contribution in [0.1, 0.15) is 0 Å².